The van der Waals surface area contributed by atoms with E-state index in [1.807, 2.05) is 6.92 Å². The van der Waals surface area contributed by atoms with Gasteiger partial charge < -0.3 is 20.3 Å². The summed E-state index contributed by atoms with van der Waals surface area (Å²) in [7, 11) is 0. The van der Waals surface area contributed by atoms with Gasteiger partial charge in [-0.25, -0.2) is 14.9 Å². The first kappa shape index (κ1) is 27.1. The highest BCUT2D eigenvalue weighted by atomic mass is 16.6. The first-order valence-electron chi connectivity index (χ1n) is 13.7. The zero-order chi connectivity index (χ0) is 26.5. The number of ether oxygens (including phenoxy) is 2. The van der Waals surface area contributed by atoms with Gasteiger partial charge in [-0.2, -0.15) is 0 Å². The average Bonchev–Trinajstić information content (AvgIpc) is 3.20. The van der Waals surface area contributed by atoms with Crippen LogP contribution in [0, 0.1) is 34.0 Å². The van der Waals surface area contributed by atoms with Crippen molar-refractivity contribution in [1.29, 1.82) is 0 Å². The molecule has 2 bridgehead atoms. The first-order valence-corrected chi connectivity index (χ1v) is 13.7. The van der Waals surface area contributed by atoms with Gasteiger partial charge in [0.05, 0.1) is 6.10 Å². The predicted molar refractivity (Wildman–Crippen MR) is 135 cm³/mol. The maximum Gasteiger partial charge on any atom is 0.416 e. The molecule has 4 N–H and O–H groups in total. The number of hydrogen-bond acceptors (Lipinski definition) is 7. The number of nitrogens with one attached hydrogen (secondary N) is 1. The van der Waals surface area contributed by atoms with Crippen LogP contribution in [0.3, 0.4) is 0 Å². The second-order valence-corrected chi connectivity index (χ2v) is 12.6. The molecule has 0 radical (unpaired) electrons. The minimum atomic E-state index is -0.886. The van der Waals surface area contributed by atoms with E-state index >= 15 is 0 Å². The minimum Gasteiger partial charge on any atom is -0.446 e. The van der Waals surface area contributed by atoms with Crippen LogP contribution in [0.5, 0.6) is 0 Å². The maximum absolute atomic E-state index is 13.4. The average molecular weight is 505 g/mol. The van der Waals surface area contributed by atoms with Gasteiger partial charge in [0.25, 0.3) is 0 Å². The molecule has 0 heterocycles. The van der Waals surface area contributed by atoms with Crippen LogP contribution in [0.1, 0.15) is 85.5 Å². The van der Waals surface area contributed by atoms with Gasteiger partial charge in [0.2, 0.25) is 0 Å². The molecule has 0 saturated heterocycles. The third-order valence-electron chi connectivity index (χ3n) is 10.6. The van der Waals surface area contributed by atoms with E-state index < -0.39 is 35.2 Å². The highest BCUT2D eigenvalue weighted by molar-refractivity contribution is 5.88. The van der Waals surface area contributed by atoms with Gasteiger partial charge in [-0.15, -0.1) is 6.58 Å². The topological polar surface area (TPSA) is 128 Å². The number of rotatable bonds is 3. The van der Waals surface area contributed by atoms with E-state index in [4.69, 9.17) is 15.2 Å². The van der Waals surface area contributed by atoms with Gasteiger partial charge in [-0.05, 0) is 68.6 Å². The van der Waals surface area contributed by atoms with Crippen LogP contribution in [0.15, 0.2) is 12.7 Å². The van der Waals surface area contributed by atoms with Crippen molar-refractivity contribution in [3.63, 3.8) is 0 Å². The van der Waals surface area contributed by atoms with E-state index in [0.717, 1.165) is 32.1 Å². The number of nitrogens with two attached hydrogens (primary N) is 1. The molecule has 0 unspecified atom stereocenters. The number of carbonyl (C=O) groups excluding carboxylic acids is 3. The quantitative estimate of drug-likeness (QED) is 0.483. The number of imide groups is 1. The summed E-state index contributed by atoms with van der Waals surface area (Å²) in [5.41, 5.74) is 4.21. The van der Waals surface area contributed by atoms with Gasteiger partial charge in [-0.3, -0.25) is 4.79 Å². The van der Waals surface area contributed by atoms with Crippen molar-refractivity contribution in [2.24, 2.45) is 39.7 Å². The van der Waals surface area contributed by atoms with Crippen molar-refractivity contribution in [2.75, 3.05) is 0 Å². The van der Waals surface area contributed by atoms with Crippen LogP contribution in [0.2, 0.25) is 0 Å². The Balaban J connectivity index is 1.58. The fourth-order valence-electron chi connectivity index (χ4n) is 8.30. The molecule has 4 fully saturated rings. The van der Waals surface area contributed by atoms with Crippen LogP contribution < -0.4 is 11.1 Å². The molecule has 8 atom stereocenters. The molecule has 0 aromatic heterocycles. The monoisotopic (exact) mass is 504 g/mol. The number of aliphatic hydroxyl groups is 1. The summed E-state index contributed by atoms with van der Waals surface area (Å²) in [6, 6.07) is 0.124. The zero-order valence-electron chi connectivity index (χ0n) is 22.3. The third-order valence-corrected chi connectivity index (χ3v) is 10.6. The largest absolute Gasteiger partial charge is 0.446 e. The van der Waals surface area contributed by atoms with Crippen molar-refractivity contribution in [1.82, 2.24) is 5.32 Å². The molecule has 4 rings (SSSR count). The van der Waals surface area contributed by atoms with E-state index in [2.05, 4.69) is 32.7 Å². The van der Waals surface area contributed by atoms with Crippen molar-refractivity contribution in [3.05, 3.63) is 12.7 Å². The first-order chi connectivity index (χ1) is 16.9. The highest BCUT2D eigenvalue weighted by Gasteiger charge is 2.68. The Hall–Kier alpha value is -1.93. The summed E-state index contributed by atoms with van der Waals surface area (Å²) in [5.74, 6) is 0.0186. The number of alkyl carbamates (subject to hydrolysis) is 2. The van der Waals surface area contributed by atoms with Gasteiger partial charge in [-0.1, -0.05) is 33.8 Å². The van der Waals surface area contributed by atoms with E-state index in [0.29, 0.717) is 25.7 Å². The van der Waals surface area contributed by atoms with Crippen molar-refractivity contribution < 1.29 is 29.0 Å². The lowest BCUT2D eigenvalue weighted by Gasteiger charge is -2.61. The molecule has 0 spiro atoms. The Morgan fingerprint density at radius 1 is 1.08 bits per heavy atom. The molecule has 4 saturated carbocycles. The summed E-state index contributed by atoms with van der Waals surface area (Å²) in [6.45, 7) is 12.3. The SMILES string of the molecule is C=C[C@]1(C)C[C@@H](OC(=O)NC(=O)OC2CCC(N)CC2)[C@]2(C)CC[C@@H](C)[C@@]3(CCC(=O)[C@@H]23)[C@@H](C)[C@@H]1O. The third kappa shape index (κ3) is 4.38. The summed E-state index contributed by atoms with van der Waals surface area (Å²) in [5, 5.41) is 13.8. The smallest absolute Gasteiger partial charge is 0.416 e. The molecule has 0 aromatic rings. The molecular weight excluding hydrogens is 460 g/mol. The molecule has 4 aliphatic rings. The molecule has 0 aliphatic heterocycles. The molecule has 4 aliphatic carbocycles. The van der Waals surface area contributed by atoms with Crippen LogP contribution >= 0.6 is 0 Å². The van der Waals surface area contributed by atoms with Crippen LogP contribution in [0.25, 0.3) is 0 Å². The minimum absolute atomic E-state index is 0.111. The molecule has 202 valence electrons. The molecule has 2 amide bonds. The van der Waals surface area contributed by atoms with E-state index in [9.17, 15) is 19.5 Å². The number of aliphatic hydroxyl groups excluding tert-OH is 1. The van der Waals surface area contributed by atoms with Gasteiger partial charge in [0.15, 0.2) is 0 Å². The van der Waals surface area contributed by atoms with Crippen molar-refractivity contribution in [3.8, 4) is 0 Å². The Labute approximate surface area is 214 Å². The summed E-state index contributed by atoms with van der Waals surface area (Å²) in [4.78, 5) is 38.8. The van der Waals surface area contributed by atoms with Gasteiger partial charge >= 0.3 is 12.2 Å². The number of hydrogen-bond donors (Lipinski definition) is 3. The van der Waals surface area contributed by atoms with Gasteiger partial charge in [0, 0.05) is 29.2 Å². The maximum atomic E-state index is 13.4. The number of amides is 2. The summed E-state index contributed by atoms with van der Waals surface area (Å²) in [6.07, 6.45) is 4.37. The summed E-state index contributed by atoms with van der Waals surface area (Å²) >= 11 is 0. The standard InChI is InChI=1S/C28H44N2O6/c1-6-26(4)15-21(36-25(34)30-24(33)35-19-9-7-18(29)8-10-19)27(5)13-11-16(2)28(17(3)23(26)32)14-12-20(31)22(27)28/h6,16-19,21-23,32H,1,7-15,29H2,2-5H3,(H,30,33,34)/t16-,17+,18?,19?,21-,22+,23+,26-,27+,28+/m1/s1. The Morgan fingerprint density at radius 2 is 1.72 bits per heavy atom. The second kappa shape index (κ2) is 9.75. The molecular formula is C28H44N2O6. The second-order valence-electron chi connectivity index (χ2n) is 12.6. The van der Waals surface area contributed by atoms with Crippen LogP contribution in [-0.4, -0.2) is 47.4 Å². The Morgan fingerprint density at radius 3 is 2.36 bits per heavy atom. The van der Waals surface area contributed by atoms with E-state index in [-0.39, 0.29) is 41.1 Å². The Kier molecular flexibility index (Phi) is 7.34. The van der Waals surface area contributed by atoms with Crippen molar-refractivity contribution in [2.45, 2.75) is 110 Å². The fourth-order valence-corrected chi connectivity index (χ4v) is 8.30. The number of Topliss-reactive ketones (excluding diaryl/α,β-unsaturated/α-hetero) is 1. The Bertz CT molecular complexity index is 900. The lowest BCUT2D eigenvalue weighted by atomic mass is 9.43. The molecule has 0 aromatic carbocycles. The summed E-state index contributed by atoms with van der Waals surface area (Å²) < 4.78 is 11.4. The van der Waals surface area contributed by atoms with E-state index in [1.165, 1.54) is 0 Å². The van der Waals surface area contributed by atoms with Crippen LogP contribution in [-0.2, 0) is 14.3 Å². The van der Waals surface area contributed by atoms with E-state index in [1.54, 1.807) is 6.08 Å². The van der Waals surface area contributed by atoms with Crippen molar-refractivity contribution >= 4 is 18.0 Å². The van der Waals surface area contributed by atoms with Gasteiger partial charge in [0.1, 0.15) is 18.0 Å². The number of carbonyl (C=O) groups is 3. The van der Waals surface area contributed by atoms with Crippen LogP contribution in [0.4, 0.5) is 9.59 Å². The molecule has 8 heteroatoms. The zero-order valence-corrected chi connectivity index (χ0v) is 22.3. The molecule has 36 heavy (non-hydrogen) atoms. The lowest BCUT2D eigenvalue weighted by Crippen LogP contribution is -2.63. The predicted octanol–water partition coefficient (Wildman–Crippen LogP) is 4.48. The lowest BCUT2D eigenvalue weighted by molar-refractivity contribution is -0.191. The fraction of sp³-hybridized carbons (Fsp3) is 0.821. The number of ketones is 1. The normalized spacial score (nSPS) is 46.6. The highest BCUT2D eigenvalue weighted by Crippen LogP contribution is 2.68. The molecule has 8 nitrogen and oxygen atoms in total.